The van der Waals surface area contributed by atoms with Crippen molar-refractivity contribution in [1.82, 2.24) is 4.98 Å². The Hall–Kier alpha value is -2.69. The van der Waals surface area contributed by atoms with Crippen LogP contribution in [0.5, 0.6) is 0 Å². The Labute approximate surface area is 134 Å². The number of thiophene rings is 1. The van der Waals surface area contributed by atoms with E-state index < -0.39 is 0 Å². The molecule has 3 rings (SSSR count). The van der Waals surface area contributed by atoms with Gasteiger partial charge in [0.25, 0.3) is 0 Å². The molecule has 0 fully saturated rings. The third kappa shape index (κ3) is 3.31. The maximum Gasteiger partial charge on any atom is 0.326 e. The van der Waals surface area contributed by atoms with Gasteiger partial charge in [0.1, 0.15) is 0 Å². The first kappa shape index (κ1) is 14.3. The molecule has 7 heteroatoms. The number of carbonyl (C=O) groups excluding carboxylic acids is 1. The number of rotatable bonds is 3. The van der Waals surface area contributed by atoms with Crippen LogP contribution >= 0.6 is 22.7 Å². The van der Waals surface area contributed by atoms with E-state index in [2.05, 4.69) is 21.7 Å². The largest absolute Gasteiger partial charge is 0.326 e. The summed E-state index contributed by atoms with van der Waals surface area (Å²) in [4.78, 5) is 16.2. The van der Waals surface area contributed by atoms with Crippen LogP contribution in [0.1, 0.15) is 5.56 Å². The second kappa shape index (κ2) is 6.39. The molecule has 0 aliphatic rings. The van der Waals surface area contributed by atoms with Crippen molar-refractivity contribution in [3.8, 4) is 17.3 Å². The minimum absolute atomic E-state index is 0.317. The van der Waals surface area contributed by atoms with Gasteiger partial charge in [-0.1, -0.05) is 12.1 Å². The quantitative estimate of drug-likeness (QED) is 0.749. The molecular weight excluding hydrogens is 316 g/mol. The number of hydrogen-bond donors (Lipinski definition) is 2. The van der Waals surface area contributed by atoms with Crippen molar-refractivity contribution in [2.75, 3.05) is 10.6 Å². The van der Waals surface area contributed by atoms with Crippen molar-refractivity contribution >= 4 is 38.8 Å². The van der Waals surface area contributed by atoms with Crippen molar-refractivity contribution in [3.63, 3.8) is 0 Å². The minimum atomic E-state index is -0.317. The van der Waals surface area contributed by atoms with Crippen molar-refractivity contribution in [3.05, 3.63) is 52.7 Å². The number of thiazole rings is 1. The molecular formula is C15H10N4OS2. The number of aromatic nitrogens is 1. The van der Waals surface area contributed by atoms with Gasteiger partial charge in [-0.25, -0.2) is 9.78 Å². The lowest BCUT2D eigenvalue weighted by molar-refractivity contribution is 0.262. The fourth-order valence-electron chi connectivity index (χ4n) is 1.77. The van der Waals surface area contributed by atoms with Gasteiger partial charge in [-0.05, 0) is 29.6 Å². The van der Waals surface area contributed by atoms with E-state index in [1.54, 1.807) is 12.1 Å². The SMILES string of the molecule is N#Cc1ccc(-c2csc(NC(=O)Nc3cccs3)n2)cc1. The lowest BCUT2D eigenvalue weighted by Crippen LogP contribution is -2.18. The summed E-state index contributed by atoms with van der Waals surface area (Å²) in [7, 11) is 0. The van der Waals surface area contributed by atoms with Crippen LogP contribution < -0.4 is 10.6 Å². The molecule has 2 heterocycles. The summed E-state index contributed by atoms with van der Waals surface area (Å²) in [5.74, 6) is 0. The fraction of sp³-hybridized carbons (Fsp3) is 0. The summed E-state index contributed by atoms with van der Waals surface area (Å²) in [6.45, 7) is 0. The Morgan fingerprint density at radius 1 is 1.14 bits per heavy atom. The van der Waals surface area contributed by atoms with E-state index in [4.69, 9.17) is 5.26 Å². The molecule has 0 spiro atoms. The number of urea groups is 1. The van der Waals surface area contributed by atoms with Gasteiger partial charge in [-0.15, -0.1) is 22.7 Å². The Morgan fingerprint density at radius 3 is 2.64 bits per heavy atom. The Balaban J connectivity index is 1.68. The van der Waals surface area contributed by atoms with Gasteiger partial charge < -0.3 is 0 Å². The van der Waals surface area contributed by atoms with Crippen LogP contribution in [-0.2, 0) is 0 Å². The molecule has 108 valence electrons. The number of benzene rings is 1. The number of anilines is 2. The number of nitrogens with one attached hydrogen (secondary N) is 2. The second-order valence-corrected chi connectivity index (χ2v) is 6.09. The average Bonchev–Trinajstić information content (AvgIpc) is 3.19. The zero-order valence-corrected chi connectivity index (χ0v) is 12.9. The highest BCUT2D eigenvalue weighted by Gasteiger charge is 2.08. The second-order valence-electron chi connectivity index (χ2n) is 4.28. The molecule has 0 saturated heterocycles. The molecule has 0 aliphatic heterocycles. The van der Waals surface area contributed by atoms with Gasteiger partial charge in [-0.3, -0.25) is 10.6 Å². The maximum absolute atomic E-state index is 11.8. The summed E-state index contributed by atoms with van der Waals surface area (Å²) < 4.78 is 0. The van der Waals surface area contributed by atoms with Crippen molar-refractivity contribution < 1.29 is 4.79 Å². The van der Waals surface area contributed by atoms with Crippen molar-refractivity contribution in [2.24, 2.45) is 0 Å². The van der Waals surface area contributed by atoms with E-state index in [1.807, 2.05) is 35.0 Å². The summed E-state index contributed by atoms with van der Waals surface area (Å²) in [6, 6.07) is 12.6. The minimum Gasteiger partial charge on any atom is -0.299 e. The predicted molar refractivity (Wildman–Crippen MR) is 89.2 cm³/mol. The van der Waals surface area contributed by atoms with Crippen LogP contribution in [0.2, 0.25) is 0 Å². The molecule has 0 atom stereocenters. The van der Waals surface area contributed by atoms with Crippen molar-refractivity contribution in [2.45, 2.75) is 0 Å². The smallest absolute Gasteiger partial charge is 0.299 e. The van der Waals surface area contributed by atoms with Crippen LogP contribution in [-0.4, -0.2) is 11.0 Å². The van der Waals surface area contributed by atoms with Crippen LogP contribution in [0.25, 0.3) is 11.3 Å². The molecule has 1 aromatic carbocycles. The van der Waals surface area contributed by atoms with Crippen LogP contribution in [0, 0.1) is 11.3 Å². The molecule has 0 bridgehead atoms. The molecule has 0 unspecified atom stereocenters. The first-order valence-electron chi connectivity index (χ1n) is 6.32. The third-order valence-electron chi connectivity index (χ3n) is 2.79. The van der Waals surface area contributed by atoms with Crippen LogP contribution in [0.3, 0.4) is 0 Å². The van der Waals surface area contributed by atoms with Gasteiger partial charge in [0, 0.05) is 10.9 Å². The van der Waals surface area contributed by atoms with E-state index in [-0.39, 0.29) is 6.03 Å². The molecule has 0 radical (unpaired) electrons. The van der Waals surface area contributed by atoms with E-state index >= 15 is 0 Å². The van der Waals surface area contributed by atoms with E-state index in [0.29, 0.717) is 10.7 Å². The highest BCUT2D eigenvalue weighted by atomic mass is 32.1. The molecule has 2 aromatic heterocycles. The number of amides is 2. The predicted octanol–water partition coefficient (Wildman–Crippen LogP) is 4.39. The van der Waals surface area contributed by atoms with Gasteiger partial charge >= 0.3 is 6.03 Å². The normalized spacial score (nSPS) is 9.95. The highest BCUT2D eigenvalue weighted by Crippen LogP contribution is 2.25. The number of hydrogen-bond acceptors (Lipinski definition) is 5. The van der Waals surface area contributed by atoms with Gasteiger partial charge in [0.2, 0.25) is 0 Å². The molecule has 2 amide bonds. The van der Waals surface area contributed by atoms with E-state index in [0.717, 1.165) is 16.3 Å². The zero-order chi connectivity index (χ0) is 15.4. The van der Waals surface area contributed by atoms with E-state index in [1.165, 1.54) is 22.7 Å². The van der Waals surface area contributed by atoms with Gasteiger partial charge in [0.15, 0.2) is 5.13 Å². The van der Waals surface area contributed by atoms with E-state index in [9.17, 15) is 4.79 Å². The molecule has 0 aliphatic carbocycles. The standard InChI is InChI=1S/C15H10N4OS2/c16-8-10-3-5-11(6-4-10)12-9-22-15(17-12)19-14(20)18-13-2-1-7-21-13/h1-7,9H,(H2,17,18,19,20). The van der Waals surface area contributed by atoms with Crippen LogP contribution in [0.15, 0.2) is 47.2 Å². The number of carbonyl (C=O) groups is 1. The molecule has 0 saturated carbocycles. The van der Waals surface area contributed by atoms with Gasteiger partial charge in [-0.2, -0.15) is 5.26 Å². The number of nitriles is 1. The van der Waals surface area contributed by atoms with Crippen LogP contribution in [0.4, 0.5) is 14.9 Å². The molecule has 3 aromatic rings. The average molecular weight is 326 g/mol. The maximum atomic E-state index is 11.8. The zero-order valence-electron chi connectivity index (χ0n) is 11.2. The Kier molecular flexibility index (Phi) is 4.14. The van der Waals surface area contributed by atoms with Gasteiger partial charge in [0.05, 0.1) is 22.3 Å². The number of nitrogens with zero attached hydrogens (tertiary/aromatic N) is 2. The summed E-state index contributed by atoms with van der Waals surface area (Å²) in [5.41, 5.74) is 2.27. The Bertz CT molecular complexity index is 816. The summed E-state index contributed by atoms with van der Waals surface area (Å²) in [5, 5.41) is 19.3. The lowest BCUT2D eigenvalue weighted by atomic mass is 10.1. The lowest BCUT2D eigenvalue weighted by Gasteiger charge is -2.02. The molecule has 22 heavy (non-hydrogen) atoms. The van der Waals surface area contributed by atoms with Crippen molar-refractivity contribution in [1.29, 1.82) is 5.26 Å². The molecule has 2 N–H and O–H groups in total. The fourth-order valence-corrected chi connectivity index (χ4v) is 3.10. The monoisotopic (exact) mass is 326 g/mol. The first-order valence-corrected chi connectivity index (χ1v) is 8.08. The summed E-state index contributed by atoms with van der Waals surface area (Å²) in [6.07, 6.45) is 0. The third-order valence-corrected chi connectivity index (χ3v) is 4.34. The highest BCUT2D eigenvalue weighted by molar-refractivity contribution is 7.14. The topological polar surface area (TPSA) is 77.8 Å². The Morgan fingerprint density at radius 2 is 1.95 bits per heavy atom. The molecule has 5 nitrogen and oxygen atoms in total. The first-order chi connectivity index (χ1) is 10.7. The summed E-state index contributed by atoms with van der Waals surface area (Å²) >= 11 is 2.80.